The van der Waals surface area contributed by atoms with Gasteiger partial charge < -0.3 is 5.11 Å². The van der Waals surface area contributed by atoms with Gasteiger partial charge in [-0.1, -0.05) is 0 Å². The van der Waals surface area contributed by atoms with Gasteiger partial charge in [-0.05, 0) is 46.6 Å². The summed E-state index contributed by atoms with van der Waals surface area (Å²) in [6.45, 7) is 1.82. The highest BCUT2D eigenvalue weighted by atomic mass is 79.9. The maximum absolute atomic E-state index is 12.2. The van der Waals surface area contributed by atoms with Crippen molar-refractivity contribution >= 4 is 49.1 Å². The number of aliphatic carboxylic acids is 1. The Hall–Kier alpha value is -1.45. The van der Waals surface area contributed by atoms with E-state index in [1.165, 1.54) is 18.3 Å². The molecule has 2 aromatic rings. The molecule has 2 heterocycles. The third kappa shape index (κ3) is 4.02. The molecule has 112 valence electrons. The average Bonchev–Trinajstić information content (AvgIpc) is 2.82. The minimum atomic E-state index is -3.76. The molecule has 0 radical (unpaired) electrons. The van der Waals surface area contributed by atoms with Gasteiger partial charge in [0, 0.05) is 15.5 Å². The molecule has 0 aromatic carbocycles. The van der Waals surface area contributed by atoms with Gasteiger partial charge in [0.25, 0.3) is 10.0 Å². The highest BCUT2D eigenvalue weighted by molar-refractivity contribution is 9.10. The number of carboxylic acids is 1. The molecule has 21 heavy (non-hydrogen) atoms. The summed E-state index contributed by atoms with van der Waals surface area (Å²) in [5.41, 5.74) is 0.848. The van der Waals surface area contributed by atoms with E-state index in [4.69, 9.17) is 5.11 Å². The van der Waals surface area contributed by atoms with Crippen molar-refractivity contribution in [2.45, 2.75) is 17.6 Å². The molecule has 6 nitrogen and oxygen atoms in total. The van der Waals surface area contributed by atoms with E-state index in [2.05, 4.69) is 25.6 Å². The Morgan fingerprint density at radius 3 is 2.81 bits per heavy atom. The third-order valence-electron chi connectivity index (χ3n) is 2.51. The SMILES string of the molecule is Cc1cc(NS(=O)(=O)c2ccc(CC(=O)O)s2)ncc1Br. The molecule has 0 atom stereocenters. The van der Waals surface area contributed by atoms with Gasteiger partial charge in [-0.15, -0.1) is 11.3 Å². The van der Waals surface area contributed by atoms with Crippen LogP contribution in [0.2, 0.25) is 0 Å². The van der Waals surface area contributed by atoms with Gasteiger partial charge in [0.05, 0.1) is 6.42 Å². The van der Waals surface area contributed by atoms with Crippen LogP contribution < -0.4 is 4.72 Å². The van der Waals surface area contributed by atoms with E-state index in [1.807, 2.05) is 6.92 Å². The van der Waals surface area contributed by atoms with Crippen molar-refractivity contribution in [3.8, 4) is 0 Å². The number of aromatic nitrogens is 1. The lowest BCUT2D eigenvalue weighted by molar-refractivity contribution is -0.136. The average molecular weight is 391 g/mol. The Kier molecular flexibility index (Phi) is 4.64. The molecular weight excluding hydrogens is 380 g/mol. The van der Waals surface area contributed by atoms with Crippen LogP contribution in [0, 0.1) is 6.92 Å². The molecule has 0 aliphatic heterocycles. The number of hydrogen-bond donors (Lipinski definition) is 2. The van der Waals surface area contributed by atoms with Gasteiger partial charge in [0.15, 0.2) is 0 Å². The second-order valence-electron chi connectivity index (χ2n) is 4.22. The minimum Gasteiger partial charge on any atom is -0.481 e. The minimum absolute atomic E-state index is 0.0566. The number of hydrogen-bond acceptors (Lipinski definition) is 5. The molecule has 0 amide bonds. The lowest BCUT2D eigenvalue weighted by Gasteiger charge is -2.06. The van der Waals surface area contributed by atoms with E-state index in [0.29, 0.717) is 4.88 Å². The standard InChI is InChI=1S/C12H11BrN2O4S2/c1-7-4-10(14-6-9(7)13)15-21(18,19)12-3-2-8(20-12)5-11(16)17/h2-4,6H,5H2,1H3,(H,14,15)(H,16,17). The number of sulfonamides is 1. The lowest BCUT2D eigenvalue weighted by Crippen LogP contribution is -2.12. The number of pyridine rings is 1. The highest BCUT2D eigenvalue weighted by Gasteiger charge is 2.18. The summed E-state index contributed by atoms with van der Waals surface area (Å²) in [5, 5.41) is 8.70. The zero-order valence-electron chi connectivity index (χ0n) is 10.8. The van der Waals surface area contributed by atoms with Crippen molar-refractivity contribution in [1.29, 1.82) is 0 Å². The van der Waals surface area contributed by atoms with Gasteiger partial charge >= 0.3 is 5.97 Å². The number of halogens is 1. The largest absolute Gasteiger partial charge is 0.481 e. The molecular formula is C12H11BrN2O4S2. The smallest absolute Gasteiger partial charge is 0.308 e. The van der Waals surface area contributed by atoms with Crippen LogP contribution in [0.4, 0.5) is 5.82 Å². The van der Waals surface area contributed by atoms with Crippen LogP contribution in [-0.4, -0.2) is 24.5 Å². The van der Waals surface area contributed by atoms with Crippen molar-refractivity contribution < 1.29 is 18.3 Å². The van der Waals surface area contributed by atoms with E-state index >= 15 is 0 Å². The first-order valence-electron chi connectivity index (χ1n) is 5.73. The zero-order chi connectivity index (χ0) is 15.6. The lowest BCUT2D eigenvalue weighted by atomic mass is 10.3. The van der Waals surface area contributed by atoms with Gasteiger partial charge in [0.1, 0.15) is 10.0 Å². The van der Waals surface area contributed by atoms with Crippen LogP contribution in [-0.2, 0) is 21.2 Å². The fraction of sp³-hybridized carbons (Fsp3) is 0.167. The molecule has 0 fully saturated rings. The monoisotopic (exact) mass is 390 g/mol. The van der Waals surface area contributed by atoms with Gasteiger partial charge in [-0.3, -0.25) is 9.52 Å². The number of rotatable bonds is 5. The second kappa shape index (κ2) is 6.12. The molecule has 0 saturated heterocycles. The Morgan fingerprint density at radius 1 is 1.48 bits per heavy atom. The molecule has 0 unspecified atom stereocenters. The molecule has 0 bridgehead atoms. The van der Waals surface area contributed by atoms with E-state index < -0.39 is 16.0 Å². The Bertz CT molecular complexity index is 786. The van der Waals surface area contributed by atoms with Crippen molar-refractivity contribution in [3.63, 3.8) is 0 Å². The molecule has 9 heteroatoms. The van der Waals surface area contributed by atoms with Gasteiger partial charge in [0.2, 0.25) is 0 Å². The molecule has 0 spiro atoms. The Labute approximate surface area is 134 Å². The summed E-state index contributed by atoms with van der Waals surface area (Å²) < 4.78 is 27.6. The predicted octanol–water partition coefficient (Wildman–Crippen LogP) is 2.64. The summed E-state index contributed by atoms with van der Waals surface area (Å²) in [4.78, 5) is 15.1. The number of thiophene rings is 1. The van der Waals surface area contributed by atoms with Gasteiger partial charge in [-0.25, -0.2) is 13.4 Å². The predicted molar refractivity (Wildman–Crippen MR) is 83.1 cm³/mol. The van der Waals surface area contributed by atoms with Crippen molar-refractivity contribution in [2.24, 2.45) is 0 Å². The van der Waals surface area contributed by atoms with E-state index in [0.717, 1.165) is 21.4 Å². The Morgan fingerprint density at radius 2 is 2.19 bits per heavy atom. The molecule has 2 N–H and O–H groups in total. The fourth-order valence-corrected chi connectivity index (χ4v) is 4.09. The molecule has 2 aromatic heterocycles. The van der Waals surface area contributed by atoms with Crippen LogP contribution in [0.5, 0.6) is 0 Å². The zero-order valence-corrected chi connectivity index (χ0v) is 14.0. The van der Waals surface area contributed by atoms with Crippen LogP contribution in [0.1, 0.15) is 10.4 Å². The Balaban J connectivity index is 2.23. The maximum Gasteiger partial charge on any atom is 0.308 e. The van der Waals surface area contributed by atoms with Crippen LogP contribution in [0.15, 0.2) is 33.1 Å². The number of carbonyl (C=O) groups is 1. The van der Waals surface area contributed by atoms with Gasteiger partial charge in [-0.2, -0.15) is 0 Å². The van der Waals surface area contributed by atoms with Crippen molar-refractivity contribution in [2.75, 3.05) is 4.72 Å². The summed E-state index contributed by atoms with van der Waals surface area (Å²) in [5.74, 6) is -0.789. The second-order valence-corrected chi connectivity index (χ2v) is 8.15. The number of nitrogens with one attached hydrogen (secondary N) is 1. The summed E-state index contributed by atoms with van der Waals surface area (Å²) >= 11 is 4.21. The number of anilines is 1. The topological polar surface area (TPSA) is 96.4 Å². The summed E-state index contributed by atoms with van der Waals surface area (Å²) in [6.07, 6.45) is 1.31. The van der Waals surface area contributed by atoms with E-state index in [9.17, 15) is 13.2 Å². The quantitative estimate of drug-likeness (QED) is 0.817. The molecule has 0 aliphatic carbocycles. The van der Waals surface area contributed by atoms with E-state index in [-0.39, 0.29) is 16.4 Å². The molecule has 0 aliphatic rings. The summed E-state index contributed by atoms with van der Waals surface area (Å²) in [6, 6.07) is 4.48. The third-order valence-corrected chi connectivity index (χ3v) is 6.28. The van der Waals surface area contributed by atoms with Crippen molar-refractivity contribution in [1.82, 2.24) is 4.98 Å². The normalized spacial score (nSPS) is 11.3. The molecule has 2 rings (SSSR count). The van der Waals surface area contributed by atoms with E-state index in [1.54, 1.807) is 6.07 Å². The number of nitrogens with zero attached hydrogens (tertiary/aromatic N) is 1. The van der Waals surface area contributed by atoms with Crippen molar-refractivity contribution in [3.05, 3.63) is 39.3 Å². The van der Waals surface area contributed by atoms with Crippen LogP contribution >= 0.6 is 27.3 Å². The first-order valence-corrected chi connectivity index (χ1v) is 8.82. The first-order chi connectivity index (χ1) is 9.78. The van der Waals surface area contributed by atoms with Crippen LogP contribution in [0.25, 0.3) is 0 Å². The fourth-order valence-electron chi connectivity index (χ4n) is 1.53. The molecule has 0 saturated carbocycles. The maximum atomic E-state index is 12.2. The highest BCUT2D eigenvalue weighted by Crippen LogP contribution is 2.25. The number of aryl methyl sites for hydroxylation is 1. The van der Waals surface area contributed by atoms with Crippen LogP contribution in [0.3, 0.4) is 0 Å². The first kappa shape index (κ1) is 15.9. The number of carboxylic acid groups (broad SMARTS) is 1. The summed E-state index contributed by atoms with van der Waals surface area (Å²) in [7, 11) is -3.76.